The second-order valence-electron chi connectivity index (χ2n) is 18.2. The Kier molecular flexibility index (Phi) is 9.86. The highest BCUT2D eigenvalue weighted by Gasteiger charge is 2.65. The summed E-state index contributed by atoms with van der Waals surface area (Å²) in [7, 11) is 0. The van der Waals surface area contributed by atoms with Gasteiger partial charge < -0.3 is 33.9 Å². The molecule has 0 bridgehead atoms. The lowest BCUT2D eigenvalue weighted by atomic mass is 9.46. The highest BCUT2D eigenvalue weighted by molar-refractivity contribution is 5.91. The molecule has 0 amide bonds. The van der Waals surface area contributed by atoms with Crippen molar-refractivity contribution in [2.24, 2.45) is 28.6 Å². The molecule has 4 heterocycles. The van der Waals surface area contributed by atoms with Crippen molar-refractivity contribution >= 4 is 5.78 Å². The lowest BCUT2D eigenvalue weighted by molar-refractivity contribution is -0.225. The lowest BCUT2D eigenvalue weighted by Crippen LogP contribution is -2.53. The average Bonchev–Trinajstić information content (AvgIpc) is 3.98. The topological polar surface area (TPSA) is 165 Å². The van der Waals surface area contributed by atoms with Gasteiger partial charge >= 0.3 is 0 Å². The molecule has 9 rings (SSSR count). The van der Waals surface area contributed by atoms with E-state index < -0.39 is 29.9 Å². The van der Waals surface area contributed by atoms with Crippen LogP contribution in [-0.4, -0.2) is 89.1 Å². The molecule has 1 unspecified atom stereocenters. The van der Waals surface area contributed by atoms with Gasteiger partial charge in [-0.15, -0.1) is 10.2 Å². The minimum Gasteiger partial charge on any atom is -0.389 e. The molecular weight excluding hydrogens is 716 g/mol. The summed E-state index contributed by atoms with van der Waals surface area (Å²) in [5.41, 5.74) is 2.31. The molecule has 5 fully saturated rings. The van der Waals surface area contributed by atoms with Crippen LogP contribution < -0.4 is 0 Å². The van der Waals surface area contributed by atoms with E-state index in [4.69, 9.17) is 23.7 Å². The van der Waals surface area contributed by atoms with Crippen molar-refractivity contribution in [3.05, 3.63) is 71.3 Å². The molecule has 302 valence electrons. The zero-order valence-corrected chi connectivity index (χ0v) is 33.0. The van der Waals surface area contributed by atoms with Gasteiger partial charge in [-0.05, 0) is 93.6 Å². The van der Waals surface area contributed by atoms with Crippen molar-refractivity contribution in [2.45, 2.75) is 147 Å². The molecule has 1 aromatic carbocycles. The minimum absolute atomic E-state index is 0.0883. The number of ketones is 1. The van der Waals surface area contributed by atoms with Crippen LogP contribution in [0.3, 0.4) is 0 Å². The molecule has 11 atom stereocenters. The molecule has 0 spiro atoms. The van der Waals surface area contributed by atoms with E-state index in [-0.39, 0.29) is 55.1 Å². The first kappa shape index (κ1) is 38.2. The molecule has 2 N–H and O–H groups in total. The molecule has 56 heavy (non-hydrogen) atoms. The van der Waals surface area contributed by atoms with Crippen LogP contribution in [0.15, 0.2) is 54.4 Å². The quantitative estimate of drug-likeness (QED) is 0.263. The Morgan fingerprint density at radius 1 is 0.911 bits per heavy atom. The van der Waals surface area contributed by atoms with Crippen molar-refractivity contribution in [2.75, 3.05) is 6.61 Å². The smallest absolute Gasteiger partial charge is 0.190 e. The third-order valence-electron chi connectivity index (χ3n) is 14.4. The van der Waals surface area contributed by atoms with Crippen LogP contribution in [0, 0.1) is 28.6 Å². The molecule has 3 aromatic rings. The maximum Gasteiger partial charge on any atom is 0.190 e. The molecule has 14 heteroatoms. The fourth-order valence-corrected chi connectivity index (χ4v) is 11.5. The first-order valence-electron chi connectivity index (χ1n) is 20.5. The number of aromatic nitrogens is 6. The number of hydrogen-bond donors (Lipinski definition) is 2. The Hall–Kier alpha value is -3.37. The van der Waals surface area contributed by atoms with Crippen molar-refractivity contribution in [1.82, 2.24) is 30.0 Å². The Labute approximate surface area is 327 Å². The predicted molar refractivity (Wildman–Crippen MR) is 200 cm³/mol. The number of carbonyl (C=O) groups is 1. The summed E-state index contributed by atoms with van der Waals surface area (Å²) in [6.07, 6.45) is 10.2. The van der Waals surface area contributed by atoms with E-state index in [1.54, 1.807) is 15.6 Å². The van der Waals surface area contributed by atoms with Gasteiger partial charge in [-0.25, -0.2) is 9.36 Å². The highest BCUT2D eigenvalue weighted by Crippen LogP contribution is 2.69. The van der Waals surface area contributed by atoms with Crippen molar-refractivity contribution in [3.8, 4) is 0 Å². The normalized spacial score (nSPS) is 37.8. The second-order valence-corrected chi connectivity index (χ2v) is 18.2. The number of benzene rings is 1. The number of aliphatic hydroxyl groups excluding tert-OH is 1. The zero-order chi connectivity index (χ0) is 38.9. The predicted octanol–water partition coefficient (Wildman–Crippen LogP) is 4.63. The molecule has 3 saturated carbocycles. The summed E-state index contributed by atoms with van der Waals surface area (Å²) in [6.45, 7) is 9.63. The number of nitrogens with zero attached hydrogens (tertiary/aromatic N) is 6. The number of allylic oxidation sites excluding steroid dienone is 1. The first-order valence-corrected chi connectivity index (χ1v) is 20.5. The molecule has 14 nitrogen and oxygen atoms in total. The number of carbonyl (C=O) groups excluding carboxylic acids is 1. The van der Waals surface area contributed by atoms with Crippen molar-refractivity contribution in [1.29, 1.82) is 0 Å². The number of aliphatic hydroxyl groups is 2. The SMILES string of the molecule is CC1(C)O[C@H]2O[C@H](COCc3cn(CC(O)Cn4cc([C@]5(O)CC[C@H]6[C@@H]7CCC8=CC(=O)CC[C@]8(C)[C@H]7CC[C@@]65C)nn4)nn3)[C@H](OCc3ccccc3)[C@H]2O1. The van der Waals surface area contributed by atoms with Crippen molar-refractivity contribution < 1.29 is 38.7 Å². The van der Waals surface area contributed by atoms with Gasteiger partial charge in [0.25, 0.3) is 0 Å². The van der Waals surface area contributed by atoms with E-state index in [2.05, 4.69) is 34.5 Å². The minimum atomic E-state index is -1.08. The standard InChI is InChI=1S/C42H56N6O8/c1-39(2)55-37-36(53-23-26-8-6-5-7-9-26)34(54-38(37)56-39)25-52-24-28-19-47(45-43-28)20-30(50)21-48-22-35(44-46-48)42(51)17-14-33-31-11-10-27-18-29(49)12-15-40(27,3)32(31)13-16-41(33,42)4/h5-9,18-19,22,30-34,36-38,50-51H,10-17,20-21,23-25H2,1-4H3/t30?,31-,32+,33+,34-,36+,37-,38-,40+,41+,42-/m1/s1. The van der Waals surface area contributed by atoms with Crippen LogP contribution in [0.1, 0.15) is 96.0 Å². The van der Waals surface area contributed by atoms with E-state index in [1.807, 2.05) is 56.5 Å². The van der Waals surface area contributed by atoms with Crippen LogP contribution in [0.25, 0.3) is 0 Å². The van der Waals surface area contributed by atoms with E-state index >= 15 is 0 Å². The fraction of sp³-hybridized carbons (Fsp3) is 0.690. The van der Waals surface area contributed by atoms with Gasteiger partial charge in [-0.2, -0.15) is 0 Å². The van der Waals surface area contributed by atoms with Gasteiger partial charge in [0.2, 0.25) is 0 Å². The number of fused-ring (bicyclic) bond motifs is 6. The molecule has 6 aliphatic rings. The van der Waals surface area contributed by atoms with Gasteiger partial charge in [0.05, 0.1) is 51.4 Å². The van der Waals surface area contributed by atoms with Crippen LogP contribution in [0.2, 0.25) is 0 Å². The summed E-state index contributed by atoms with van der Waals surface area (Å²) in [6, 6.07) is 9.97. The maximum absolute atomic E-state index is 12.4. The number of rotatable bonds is 12. The number of ether oxygens (including phenoxy) is 5. The molecule has 0 radical (unpaired) electrons. The Morgan fingerprint density at radius 2 is 1.68 bits per heavy atom. The van der Waals surface area contributed by atoms with Gasteiger partial charge in [0, 0.05) is 11.8 Å². The molecule has 2 saturated heterocycles. The van der Waals surface area contributed by atoms with Crippen LogP contribution >= 0.6 is 0 Å². The summed E-state index contributed by atoms with van der Waals surface area (Å²) in [4.78, 5) is 12.3. The molecule has 2 aliphatic heterocycles. The van der Waals surface area contributed by atoms with E-state index in [0.717, 1.165) is 44.1 Å². The van der Waals surface area contributed by atoms with Gasteiger partial charge in [0.15, 0.2) is 17.9 Å². The Balaban J connectivity index is 0.779. The summed E-state index contributed by atoms with van der Waals surface area (Å²) < 4.78 is 33.8. The van der Waals surface area contributed by atoms with E-state index in [9.17, 15) is 15.0 Å². The maximum atomic E-state index is 12.4. The molecular formula is C42H56N6O8. The van der Waals surface area contributed by atoms with E-state index in [0.29, 0.717) is 48.6 Å². The third-order valence-corrected chi connectivity index (χ3v) is 14.4. The van der Waals surface area contributed by atoms with Gasteiger partial charge in [0.1, 0.15) is 35.3 Å². The van der Waals surface area contributed by atoms with Crippen LogP contribution in [0.5, 0.6) is 0 Å². The molecule has 2 aromatic heterocycles. The summed E-state index contributed by atoms with van der Waals surface area (Å²) >= 11 is 0. The summed E-state index contributed by atoms with van der Waals surface area (Å²) in [5.74, 6) is 0.973. The Morgan fingerprint density at radius 3 is 2.50 bits per heavy atom. The van der Waals surface area contributed by atoms with Gasteiger partial charge in [-0.1, -0.05) is 60.2 Å². The fourth-order valence-electron chi connectivity index (χ4n) is 11.5. The highest BCUT2D eigenvalue weighted by atomic mass is 16.8. The average molecular weight is 773 g/mol. The largest absolute Gasteiger partial charge is 0.389 e. The molecule has 4 aliphatic carbocycles. The monoisotopic (exact) mass is 772 g/mol. The first-order chi connectivity index (χ1) is 26.8. The number of hydrogen-bond acceptors (Lipinski definition) is 12. The second kappa shape index (κ2) is 14.5. The summed E-state index contributed by atoms with van der Waals surface area (Å²) in [5, 5.41) is 40.8. The van der Waals surface area contributed by atoms with E-state index in [1.165, 1.54) is 5.57 Å². The zero-order valence-electron chi connectivity index (χ0n) is 33.0. The third kappa shape index (κ3) is 6.78. The van der Waals surface area contributed by atoms with Gasteiger partial charge in [-0.3, -0.25) is 4.79 Å². The Bertz CT molecular complexity index is 1930. The van der Waals surface area contributed by atoms with Crippen LogP contribution in [-0.2, 0) is 60.4 Å². The van der Waals surface area contributed by atoms with Crippen molar-refractivity contribution in [3.63, 3.8) is 0 Å². The lowest BCUT2D eigenvalue weighted by Gasteiger charge is -2.59. The van der Waals surface area contributed by atoms with Crippen LogP contribution in [0.4, 0.5) is 0 Å².